The van der Waals surface area contributed by atoms with E-state index in [2.05, 4.69) is 10.1 Å². The van der Waals surface area contributed by atoms with Gasteiger partial charge in [-0.05, 0) is 12.8 Å². The van der Waals surface area contributed by atoms with E-state index in [1.54, 1.807) is 0 Å². The van der Waals surface area contributed by atoms with Crippen molar-refractivity contribution in [3.8, 4) is 0 Å². The summed E-state index contributed by atoms with van der Waals surface area (Å²) >= 11 is 0. The minimum absolute atomic E-state index is 0.00634. The monoisotopic (exact) mass is 225 g/mol. The number of carbonyl (C=O) groups excluding carboxylic acids is 2. The number of nitrogens with one attached hydrogen (secondary N) is 1. The van der Waals surface area contributed by atoms with E-state index in [1.807, 2.05) is 0 Å². The lowest BCUT2D eigenvalue weighted by Gasteiger charge is -2.30. The summed E-state index contributed by atoms with van der Waals surface area (Å²) in [6, 6.07) is 0.00634. The molecule has 1 heterocycles. The van der Waals surface area contributed by atoms with Crippen LogP contribution in [0.5, 0.6) is 0 Å². The Morgan fingerprint density at radius 3 is 2.31 bits per heavy atom. The quantitative estimate of drug-likeness (QED) is 0.508. The van der Waals surface area contributed by atoms with Gasteiger partial charge in [0.1, 0.15) is 0 Å². The zero-order valence-corrected chi connectivity index (χ0v) is 9.54. The Balaban J connectivity index is 2.01. The molecule has 4 nitrogen and oxygen atoms in total. The summed E-state index contributed by atoms with van der Waals surface area (Å²) in [4.78, 5) is 22.7. The molecule has 1 N–H and O–H groups in total. The minimum Gasteiger partial charge on any atom is -0.376 e. The number of fused-ring (bicyclic) bond motifs is 1. The van der Waals surface area contributed by atoms with Crippen molar-refractivity contribution in [3.63, 3.8) is 0 Å². The maximum absolute atomic E-state index is 11.6. The number of alkyl carbamates (subject to hydrolysis) is 1. The Labute approximate surface area is 95.7 Å². The molecule has 1 aliphatic heterocycles. The molecule has 1 saturated carbocycles. The van der Waals surface area contributed by atoms with E-state index in [4.69, 9.17) is 0 Å². The first-order valence-corrected chi connectivity index (χ1v) is 6.29. The molecule has 0 spiro atoms. The average Bonchev–Trinajstić information content (AvgIpc) is 2.25. The van der Waals surface area contributed by atoms with Gasteiger partial charge in [0.25, 0.3) is 0 Å². The van der Waals surface area contributed by atoms with Crippen molar-refractivity contribution in [2.24, 2.45) is 5.92 Å². The van der Waals surface area contributed by atoms with Crippen LogP contribution in [0, 0.1) is 5.92 Å². The molecule has 2 unspecified atom stereocenters. The lowest BCUT2D eigenvalue weighted by atomic mass is 9.87. The molecule has 4 heteroatoms. The fraction of sp³-hybridized carbons (Fsp3) is 0.833. The molecule has 1 aliphatic carbocycles. The van der Waals surface area contributed by atoms with Crippen LogP contribution in [0.4, 0.5) is 4.79 Å². The Morgan fingerprint density at radius 1 is 0.938 bits per heavy atom. The first-order valence-electron chi connectivity index (χ1n) is 6.29. The lowest BCUT2D eigenvalue weighted by molar-refractivity contribution is -0.146. The number of hydrogen-bond donors (Lipinski definition) is 1. The molecule has 2 fully saturated rings. The molecule has 1 amide bonds. The molecular formula is C12H19NO3. The van der Waals surface area contributed by atoms with Gasteiger partial charge >= 0.3 is 12.1 Å². The van der Waals surface area contributed by atoms with Crippen LogP contribution in [0.25, 0.3) is 0 Å². The number of amides is 1. The molecule has 0 radical (unpaired) electrons. The Morgan fingerprint density at radius 2 is 1.56 bits per heavy atom. The smallest absolute Gasteiger partial charge is 0.376 e. The molecule has 0 bridgehead atoms. The normalized spacial score (nSPS) is 32.2. The van der Waals surface area contributed by atoms with Crippen LogP contribution in [-0.2, 0) is 9.53 Å². The predicted octanol–water partition coefficient (Wildman–Crippen LogP) is 2.37. The topological polar surface area (TPSA) is 55.4 Å². The van der Waals surface area contributed by atoms with Crippen LogP contribution in [0.3, 0.4) is 0 Å². The highest BCUT2D eigenvalue weighted by molar-refractivity contribution is 5.89. The van der Waals surface area contributed by atoms with Gasteiger partial charge in [-0.1, -0.05) is 38.5 Å². The maximum Gasteiger partial charge on any atom is 0.415 e. The largest absolute Gasteiger partial charge is 0.415 e. The van der Waals surface area contributed by atoms with Crippen LogP contribution in [0.2, 0.25) is 0 Å². The number of hydrogen-bond acceptors (Lipinski definition) is 3. The predicted molar refractivity (Wildman–Crippen MR) is 58.8 cm³/mol. The molecule has 16 heavy (non-hydrogen) atoms. The van der Waals surface area contributed by atoms with E-state index in [0.717, 1.165) is 25.7 Å². The van der Waals surface area contributed by atoms with Crippen molar-refractivity contribution < 1.29 is 14.3 Å². The molecule has 2 atom stereocenters. The fourth-order valence-corrected chi connectivity index (χ4v) is 2.64. The highest BCUT2D eigenvalue weighted by Gasteiger charge is 2.36. The molecule has 0 aromatic carbocycles. The third kappa shape index (κ3) is 2.74. The van der Waals surface area contributed by atoms with Gasteiger partial charge in [-0.25, -0.2) is 4.79 Å². The van der Waals surface area contributed by atoms with Crippen LogP contribution >= 0.6 is 0 Å². The maximum atomic E-state index is 11.6. The van der Waals surface area contributed by atoms with E-state index in [1.165, 1.54) is 25.7 Å². The van der Waals surface area contributed by atoms with Gasteiger partial charge in [-0.2, -0.15) is 0 Å². The van der Waals surface area contributed by atoms with Crippen LogP contribution in [0.15, 0.2) is 0 Å². The van der Waals surface area contributed by atoms with Crippen molar-refractivity contribution in [3.05, 3.63) is 0 Å². The number of carbonyl (C=O) groups is 2. The molecule has 2 aliphatic rings. The first kappa shape index (κ1) is 11.4. The number of esters is 1. The summed E-state index contributed by atoms with van der Waals surface area (Å²) in [5.41, 5.74) is 0. The second kappa shape index (κ2) is 5.32. The third-order valence-electron chi connectivity index (χ3n) is 3.57. The van der Waals surface area contributed by atoms with E-state index >= 15 is 0 Å². The molecular weight excluding hydrogens is 206 g/mol. The Kier molecular flexibility index (Phi) is 3.80. The summed E-state index contributed by atoms with van der Waals surface area (Å²) in [5.74, 6) is -0.440. The van der Waals surface area contributed by atoms with Crippen molar-refractivity contribution in [1.82, 2.24) is 5.32 Å². The van der Waals surface area contributed by atoms with Gasteiger partial charge in [0, 0.05) is 6.04 Å². The summed E-state index contributed by atoms with van der Waals surface area (Å²) in [6.07, 6.45) is 8.27. The van der Waals surface area contributed by atoms with Gasteiger partial charge in [0.2, 0.25) is 0 Å². The van der Waals surface area contributed by atoms with Gasteiger partial charge in [0.15, 0.2) is 0 Å². The van der Waals surface area contributed by atoms with E-state index in [9.17, 15) is 9.59 Å². The summed E-state index contributed by atoms with van der Waals surface area (Å²) in [6.45, 7) is 0. The molecule has 0 aromatic heterocycles. The molecule has 1 saturated heterocycles. The van der Waals surface area contributed by atoms with Crippen LogP contribution in [0.1, 0.15) is 51.4 Å². The SMILES string of the molecule is O=C1NC2CCCCCCCCC2C(=O)O1. The summed E-state index contributed by atoms with van der Waals surface area (Å²) in [7, 11) is 0. The molecule has 90 valence electrons. The van der Waals surface area contributed by atoms with Crippen LogP contribution in [-0.4, -0.2) is 18.1 Å². The van der Waals surface area contributed by atoms with E-state index in [0.29, 0.717) is 0 Å². The third-order valence-corrected chi connectivity index (χ3v) is 3.57. The van der Waals surface area contributed by atoms with E-state index in [-0.39, 0.29) is 17.9 Å². The van der Waals surface area contributed by atoms with Gasteiger partial charge < -0.3 is 10.1 Å². The number of cyclic esters (lactones) is 2. The highest BCUT2D eigenvalue weighted by atomic mass is 16.6. The number of ether oxygens (including phenoxy) is 1. The second-order valence-electron chi connectivity index (χ2n) is 4.76. The highest BCUT2D eigenvalue weighted by Crippen LogP contribution is 2.25. The fourth-order valence-electron chi connectivity index (χ4n) is 2.64. The van der Waals surface area contributed by atoms with Gasteiger partial charge in [-0.15, -0.1) is 0 Å². The zero-order valence-electron chi connectivity index (χ0n) is 9.54. The van der Waals surface area contributed by atoms with Crippen molar-refractivity contribution >= 4 is 12.1 Å². The average molecular weight is 225 g/mol. The van der Waals surface area contributed by atoms with Crippen molar-refractivity contribution in [2.75, 3.05) is 0 Å². The summed E-state index contributed by atoms with van der Waals surface area (Å²) < 4.78 is 4.64. The number of rotatable bonds is 0. The Bertz CT molecular complexity index is 277. The van der Waals surface area contributed by atoms with Gasteiger partial charge in [-0.3, -0.25) is 4.79 Å². The zero-order chi connectivity index (χ0) is 11.4. The van der Waals surface area contributed by atoms with Crippen molar-refractivity contribution in [1.29, 1.82) is 0 Å². The summed E-state index contributed by atoms with van der Waals surface area (Å²) in [5, 5.41) is 2.78. The van der Waals surface area contributed by atoms with Crippen LogP contribution < -0.4 is 5.32 Å². The second-order valence-corrected chi connectivity index (χ2v) is 4.76. The molecule has 2 rings (SSSR count). The first-order chi connectivity index (χ1) is 7.77. The van der Waals surface area contributed by atoms with E-state index < -0.39 is 6.09 Å². The molecule has 0 aromatic rings. The Hall–Kier alpha value is -1.06. The van der Waals surface area contributed by atoms with Crippen molar-refractivity contribution in [2.45, 2.75) is 57.4 Å². The minimum atomic E-state index is -0.566. The standard InChI is InChI=1S/C12H19NO3/c14-11-9-7-5-3-1-2-4-6-8-10(9)13-12(15)16-11/h9-10H,1-8H2,(H,13,15). The lowest BCUT2D eigenvalue weighted by Crippen LogP contribution is -2.50. The van der Waals surface area contributed by atoms with Gasteiger partial charge in [0.05, 0.1) is 5.92 Å².